The number of nitrogens with one attached hydrogen (secondary N) is 2. The minimum Gasteiger partial charge on any atom is -0.497 e. The fraction of sp³-hybridized carbons (Fsp3) is 0.382. The van der Waals surface area contributed by atoms with Crippen molar-refractivity contribution in [3.63, 3.8) is 0 Å². The molecule has 3 aliphatic rings. The standard InChI is InChI=1S/C34H37N3O6S/c1-4-43-25-16-12-22(13-17-25)35-31(39)28-27-18-20(2)34(44-27)29(28)33(41)37(26(19-38)21-8-6-5-7-9-21)30(34)32(40)36-23-10-14-24(42-3)15-11-23/h5-17,20,26-30,38H,4,18-19H2,1-3H3,(H,35,39)(H,36,40)/t20?,26-,27+,28-,29+,30?,34?/m1/s1. The van der Waals surface area contributed by atoms with Crippen molar-refractivity contribution in [3.8, 4) is 11.5 Å². The molecule has 3 amide bonds. The van der Waals surface area contributed by atoms with Crippen LogP contribution >= 0.6 is 11.8 Å². The SMILES string of the molecule is CCOc1ccc(NC(=O)[C@@H]2[C@@H]3CC(C)C4(S3)C(C(=O)Nc3ccc(OC)cc3)N([C@H](CO)c3ccccc3)C(=O)[C@H]24)cc1. The summed E-state index contributed by atoms with van der Waals surface area (Å²) in [4.78, 5) is 44.5. The first-order valence-electron chi connectivity index (χ1n) is 15.0. The number of amides is 3. The summed E-state index contributed by atoms with van der Waals surface area (Å²) in [6.45, 7) is 4.15. The van der Waals surface area contributed by atoms with Gasteiger partial charge in [0.2, 0.25) is 17.7 Å². The normalized spacial score (nSPS) is 27.5. The molecule has 3 heterocycles. The lowest BCUT2D eigenvalue weighted by molar-refractivity contribution is -0.141. The van der Waals surface area contributed by atoms with Crippen LogP contribution in [0.15, 0.2) is 78.9 Å². The lowest BCUT2D eigenvalue weighted by Gasteiger charge is -2.40. The molecule has 10 heteroatoms. The Kier molecular flexibility index (Phi) is 8.30. The number of ether oxygens (including phenoxy) is 2. The summed E-state index contributed by atoms with van der Waals surface area (Å²) in [6.07, 6.45) is 0.699. The first-order chi connectivity index (χ1) is 21.3. The van der Waals surface area contributed by atoms with Crippen molar-refractivity contribution < 1.29 is 29.0 Å². The predicted molar refractivity (Wildman–Crippen MR) is 170 cm³/mol. The number of carbonyl (C=O) groups is 3. The number of fused-ring (bicyclic) bond motifs is 1. The molecule has 0 aliphatic carbocycles. The average molecular weight is 616 g/mol. The van der Waals surface area contributed by atoms with Crippen LogP contribution in [0.5, 0.6) is 11.5 Å². The molecule has 7 atom stereocenters. The Hall–Kier alpha value is -4.02. The summed E-state index contributed by atoms with van der Waals surface area (Å²) in [5, 5.41) is 16.6. The molecule has 0 saturated carbocycles. The first kappa shape index (κ1) is 30.0. The summed E-state index contributed by atoms with van der Waals surface area (Å²) < 4.78 is 9.94. The average Bonchev–Trinajstić information content (AvgIpc) is 3.63. The number of aliphatic hydroxyl groups excluding tert-OH is 1. The van der Waals surface area contributed by atoms with Crippen molar-refractivity contribution in [2.75, 3.05) is 31.0 Å². The third-order valence-electron chi connectivity index (χ3n) is 9.22. The van der Waals surface area contributed by atoms with Gasteiger partial charge in [-0.2, -0.15) is 0 Å². The minimum absolute atomic E-state index is 0.0206. The van der Waals surface area contributed by atoms with Crippen LogP contribution in [-0.4, -0.2) is 64.1 Å². The van der Waals surface area contributed by atoms with E-state index in [1.54, 1.807) is 72.3 Å². The summed E-state index contributed by atoms with van der Waals surface area (Å²) in [5.74, 6) is -0.882. The van der Waals surface area contributed by atoms with Crippen molar-refractivity contribution in [1.82, 2.24) is 4.90 Å². The molecule has 0 aromatic heterocycles. The van der Waals surface area contributed by atoms with Gasteiger partial charge in [-0.1, -0.05) is 37.3 Å². The minimum atomic E-state index is -0.910. The van der Waals surface area contributed by atoms with Crippen LogP contribution in [0.1, 0.15) is 31.9 Å². The van der Waals surface area contributed by atoms with Crippen LogP contribution in [0, 0.1) is 17.8 Å². The molecule has 3 aromatic carbocycles. The van der Waals surface area contributed by atoms with E-state index in [1.165, 1.54) is 0 Å². The molecule has 9 nitrogen and oxygen atoms in total. The van der Waals surface area contributed by atoms with Gasteiger partial charge in [-0.05, 0) is 73.4 Å². The predicted octanol–water partition coefficient (Wildman–Crippen LogP) is 4.74. The van der Waals surface area contributed by atoms with E-state index in [9.17, 15) is 19.5 Å². The second-order valence-electron chi connectivity index (χ2n) is 11.6. The van der Waals surface area contributed by atoms with Gasteiger partial charge in [0.25, 0.3) is 0 Å². The molecule has 3 N–H and O–H groups in total. The van der Waals surface area contributed by atoms with E-state index >= 15 is 0 Å². The molecule has 3 fully saturated rings. The first-order valence-corrected chi connectivity index (χ1v) is 15.8. The molecule has 1 spiro atoms. The third-order valence-corrected chi connectivity index (χ3v) is 11.3. The van der Waals surface area contributed by atoms with Gasteiger partial charge in [-0.3, -0.25) is 14.4 Å². The van der Waals surface area contributed by atoms with Crippen molar-refractivity contribution in [3.05, 3.63) is 84.4 Å². The van der Waals surface area contributed by atoms with Crippen LogP contribution in [0.4, 0.5) is 11.4 Å². The number of benzene rings is 3. The van der Waals surface area contributed by atoms with E-state index in [-0.39, 0.29) is 35.5 Å². The Labute approximate surface area is 261 Å². The van der Waals surface area contributed by atoms with Crippen molar-refractivity contribution in [2.24, 2.45) is 17.8 Å². The van der Waals surface area contributed by atoms with Gasteiger partial charge >= 0.3 is 0 Å². The lowest BCUT2D eigenvalue weighted by atomic mass is 9.66. The maximum absolute atomic E-state index is 14.6. The number of anilines is 2. The van der Waals surface area contributed by atoms with Gasteiger partial charge in [0.05, 0.1) is 42.9 Å². The smallest absolute Gasteiger partial charge is 0.248 e. The van der Waals surface area contributed by atoms with Crippen molar-refractivity contribution >= 4 is 40.9 Å². The van der Waals surface area contributed by atoms with E-state index in [4.69, 9.17) is 9.47 Å². The molecule has 44 heavy (non-hydrogen) atoms. The van der Waals surface area contributed by atoms with Gasteiger partial charge in [0, 0.05) is 16.6 Å². The zero-order valence-electron chi connectivity index (χ0n) is 24.9. The molecule has 3 unspecified atom stereocenters. The largest absolute Gasteiger partial charge is 0.497 e. The van der Waals surface area contributed by atoms with Crippen LogP contribution in [0.25, 0.3) is 0 Å². The number of hydrogen-bond acceptors (Lipinski definition) is 7. The second kappa shape index (κ2) is 12.2. The molecule has 3 aromatic rings. The summed E-state index contributed by atoms with van der Waals surface area (Å²) in [5.41, 5.74) is 1.91. The third kappa shape index (κ3) is 4.99. The monoisotopic (exact) mass is 615 g/mol. The topological polar surface area (TPSA) is 117 Å². The van der Waals surface area contributed by atoms with Gasteiger partial charge in [-0.25, -0.2) is 0 Å². The van der Waals surface area contributed by atoms with Gasteiger partial charge in [0.15, 0.2) is 0 Å². The van der Waals surface area contributed by atoms with E-state index in [1.807, 2.05) is 37.3 Å². The summed E-state index contributed by atoms with van der Waals surface area (Å²) >= 11 is 1.59. The van der Waals surface area contributed by atoms with Gasteiger partial charge < -0.3 is 30.1 Å². The van der Waals surface area contributed by atoms with E-state index < -0.39 is 28.7 Å². The second-order valence-corrected chi connectivity index (χ2v) is 13.1. The number of aliphatic hydroxyl groups is 1. The Morgan fingerprint density at radius 3 is 2.18 bits per heavy atom. The number of hydrogen-bond donors (Lipinski definition) is 3. The Balaban J connectivity index is 1.37. The van der Waals surface area contributed by atoms with Crippen molar-refractivity contribution in [2.45, 2.75) is 42.3 Å². The highest BCUT2D eigenvalue weighted by Gasteiger charge is 2.76. The van der Waals surface area contributed by atoms with E-state index in [0.717, 1.165) is 5.56 Å². The lowest BCUT2D eigenvalue weighted by Crippen LogP contribution is -2.55. The van der Waals surface area contributed by atoms with Crippen molar-refractivity contribution in [1.29, 1.82) is 0 Å². The van der Waals surface area contributed by atoms with Crippen LogP contribution < -0.4 is 20.1 Å². The number of methoxy groups -OCH3 is 1. The number of rotatable bonds is 10. The zero-order valence-corrected chi connectivity index (χ0v) is 25.8. The molecular formula is C34H37N3O6S. The number of thioether (sulfide) groups is 1. The maximum Gasteiger partial charge on any atom is 0.248 e. The highest BCUT2D eigenvalue weighted by atomic mass is 32.2. The molecular weight excluding hydrogens is 578 g/mol. The maximum atomic E-state index is 14.6. The molecule has 230 valence electrons. The molecule has 0 radical (unpaired) electrons. The highest BCUT2D eigenvalue weighted by molar-refractivity contribution is 8.02. The molecule has 3 aliphatic heterocycles. The highest BCUT2D eigenvalue weighted by Crippen LogP contribution is 2.69. The fourth-order valence-corrected chi connectivity index (χ4v) is 9.74. The van der Waals surface area contributed by atoms with Crippen LogP contribution in [-0.2, 0) is 14.4 Å². The van der Waals surface area contributed by atoms with E-state index in [0.29, 0.717) is 35.9 Å². The Morgan fingerprint density at radius 1 is 0.977 bits per heavy atom. The summed E-state index contributed by atoms with van der Waals surface area (Å²) in [6, 6.07) is 21.8. The Bertz CT molecular complexity index is 1520. The fourth-order valence-electron chi connectivity index (χ4n) is 7.34. The van der Waals surface area contributed by atoms with Gasteiger partial charge in [0.1, 0.15) is 17.5 Å². The number of likely N-dealkylation sites (tertiary alicyclic amines) is 1. The molecule has 6 rings (SSSR count). The number of nitrogens with zero attached hydrogens (tertiary/aromatic N) is 1. The Morgan fingerprint density at radius 2 is 1.59 bits per heavy atom. The van der Waals surface area contributed by atoms with Crippen LogP contribution in [0.3, 0.4) is 0 Å². The quantitative estimate of drug-likeness (QED) is 0.302. The molecule has 3 saturated heterocycles. The summed E-state index contributed by atoms with van der Waals surface area (Å²) in [7, 11) is 1.57. The van der Waals surface area contributed by atoms with Crippen LogP contribution in [0.2, 0.25) is 0 Å². The number of carbonyl (C=O) groups excluding carboxylic acids is 3. The van der Waals surface area contributed by atoms with E-state index in [2.05, 4.69) is 17.6 Å². The van der Waals surface area contributed by atoms with Gasteiger partial charge in [-0.15, -0.1) is 11.8 Å². The zero-order chi connectivity index (χ0) is 31.0. The molecule has 2 bridgehead atoms.